The predicted molar refractivity (Wildman–Crippen MR) is 94.8 cm³/mol. The SMILES string of the molecule is C[C@@H](NS(=O)(=O)c1cn(C)c(C(=O)Nc2ccc(F)c(C#N)c2)c1F)C(C)(F)F. The molecule has 0 radical (unpaired) electrons. The van der Waals surface area contributed by atoms with Crippen LogP contribution >= 0.6 is 0 Å². The van der Waals surface area contributed by atoms with Crippen LogP contribution in [0.4, 0.5) is 23.2 Å². The molecule has 1 aromatic carbocycles. The number of rotatable bonds is 6. The van der Waals surface area contributed by atoms with Gasteiger partial charge in [-0.3, -0.25) is 4.79 Å². The number of nitriles is 1. The third-order valence-electron chi connectivity index (χ3n) is 4.03. The number of halogens is 4. The highest BCUT2D eigenvalue weighted by Gasteiger charge is 2.36. The minimum atomic E-state index is -4.70. The van der Waals surface area contributed by atoms with Gasteiger partial charge in [0, 0.05) is 25.9 Å². The van der Waals surface area contributed by atoms with Crippen LogP contribution in [0.5, 0.6) is 0 Å². The molecule has 1 atom stereocenters. The number of nitrogens with one attached hydrogen (secondary N) is 2. The fraction of sp³-hybridized carbons (Fsp3) is 0.294. The summed E-state index contributed by atoms with van der Waals surface area (Å²) < 4.78 is 81.7. The van der Waals surface area contributed by atoms with E-state index in [1.54, 1.807) is 10.8 Å². The zero-order chi connectivity index (χ0) is 22.1. The van der Waals surface area contributed by atoms with Crippen molar-refractivity contribution in [3.63, 3.8) is 0 Å². The van der Waals surface area contributed by atoms with Crippen LogP contribution in [0.25, 0.3) is 0 Å². The standard InChI is InChI=1S/C17H16F4N4O3S/c1-9(17(2,20)21)24-29(27,28)13-8-25(3)15(14(13)19)16(26)23-11-4-5-12(18)10(6-11)7-22/h4-6,8-9,24H,1-3H3,(H,23,26)/t9-/m1/s1. The Kier molecular flexibility index (Phi) is 6.05. The van der Waals surface area contributed by atoms with Crippen LogP contribution in [0.1, 0.15) is 29.9 Å². The lowest BCUT2D eigenvalue weighted by Gasteiger charge is -2.20. The zero-order valence-electron chi connectivity index (χ0n) is 15.4. The van der Waals surface area contributed by atoms with Gasteiger partial charge in [-0.25, -0.2) is 30.7 Å². The summed E-state index contributed by atoms with van der Waals surface area (Å²) in [6.07, 6.45) is 0.762. The Morgan fingerprint density at radius 1 is 1.31 bits per heavy atom. The van der Waals surface area contributed by atoms with Crippen molar-refractivity contribution in [1.82, 2.24) is 9.29 Å². The summed E-state index contributed by atoms with van der Waals surface area (Å²) in [6, 6.07) is 2.80. The van der Waals surface area contributed by atoms with Gasteiger partial charge >= 0.3 is 0 Å². The van der Waals surface area contributed by atoms with Crippen molar-refractivity contribution in [2.75, 3.05) is 5.32 Å². The molecule has 0 aliphatic carbocycles. The maximum absolute atomic E-state index is 14.7. The number of hydrogen-bond acceptors (Lipinski definition) is 4. The number of alkyl halides is 2. The molecule has 2 rings (SSSR count). The minimum Gasteiger partial charge on any atom is -0.343 e. The summed E-state index contributed by atoms with van der Waals surface area (Å²) in [4.78, 5) is 11.4. The first-order chi connectivity index (χ1) is 13.3. The first-order valence-electron chi connectivity index (χ1n) is 8.04. The lowest BCUT2D eigenvalue weighted by Crippen LogP contribution is -2.43. The molecule has 29 heavy (non-hydrogen) atoms. The molecular weight excluding hydrogens is 416 g/mol. The molecule has 1 amide bonds. The summed E-state index contributed by atoms with van der Waals surface area (Å²) in [5.41, 5.74) is -1.10. The van der Waals surface area contributed by atoms with Gasteiger partial charge in [-0.05, 0) is 25.1 Å². The average molecular weight is 432 g/mol. The average Bonchev–Trinajstić information content (AvgIpc) is 2.90. The van der Waals surface area contributed by atoms with E-state index in [-0.39, 0.29) is 11.3 Å². The molecule has 0 spiro atoms. The highest BCUT2D eigenvalue weighted by Crippen LogP contribution is 2.24. The summed E-state index contributed by atoms with van der Waals surface area (Å²) >= 11 is 0. The second-order valence-corrected chi connectivity index (χ2v) is 8.01. The number of benzene rings is 1. The second-order valence-electron chi connectivity index (χ2n) is 6.33. The summed E-state index contributed by atoms with van der Waals surface area (Å²) in [5, 5.41) is 11.0. The van der Waals surface area contributed by atoms with Gasteiger partial charge in [-0.1, -0.05) is 0 Å². The van der Waals surface area contributed by atoms with Crippen LogP contribution in [-0.4, -0.2) is 30.9 Å². The molecule has 1 heterocycles. The number of carbonyl (C=O) groups is 1. The number of nitrogens with zero attached hydrogens (tertiary/aromatic N) is 2. The molecule has 0 bridgehead atoms. The normalized spacial score (nSPS) is 13.0. The lowest BCUT2D eigenvalue weighted by molar-refractivity contribution is -0.00490. The molecule has 0 saturated heterocycles. The fourth-order valence-electron chi connectivity index (χ4n) is 2.29. The van der Waals surface area contributed by atoms with E-state index in [4.69, 9.17) is 5.26 Å². The van der Waals surface area contributed by atoms with Crippen molar-refractivity contribution in [2.45, 2.75) is 30.7 Å². The van der Waals surface area contributed by atoms with Gasteiger partial charge in [-0.15, -0.1) is 0 Å². The molecule has 1 aromatic heterocycles. The number of amides is 1. The number of aryl methyl sites for hydroxylation is 1. The van der Waals surface area contributed by atoms with Crippen LogP contribution in [0.3, 0.4) is 0 Å². The summed E-state index contributed by atoms with van der Waals surface area (Å²) in [6.45, 7) is 1.41. The van der Waals surface area contributed by atoms with Gasteiger partial charge in [0.15, 0.2) is 5.82 Å². The fourth-order valence-corrected chi connectivity index (χ4v) is 3.72. The van der Waals surface area contributed by atoms with Crippen LogP contribution in [0, 0.1) is 23.0 Å². The van der Waals surface area contributed by atoms with Crippen LogP contribution in [0.15, 0.2) is 29.3 Å². The molecule has 7 nitrogen and oxygen atoms in total. The van der Waals surface area contributed by atoms with Crippen molar-refractivity contribution in [2.24, 2.45) is 7.05 Å². The largest absolute Gasteiger partial charge is 0.343 e. The molecule has 0 aliphatic heterocycles. The lowest BCUT2D eigenvalue weighted by atomic mass is 10.2. The van der Waals surface area contributed by atoms with Crippen molar-refractivity contribution >= 4 is 21.6 Å². The van der Waals surface area contributed by atoms with E-state index >= 15 is 0 Å². The Labute approximate surface area is 164 Å². The maximum atomic E-state index is 14.7. The van der Waals surface area contributed by atoms with Crippen molar-refractivity contribution in [3.8, 4) is 6.07 Å². The zero-order valence-corrected chi connectivity index (χ0v) is 16.2. The summed E-state index contributed by atoms with van der Waals surface area (Å²) in [5.74, 6) is -6.76. The first kappa shape index (κ1) is 22.4. The van der Waals surface area contributed by atoms with E-state index in [1.165, 1.54) is 7.05 Å². The van der Waals surface area contributed by atoms with Gasteiger partial charge < -0.3 is 9.88 Å². The highest BCUT2D eigenvalue weighted by molar-refractivity contribution is 7.89. The van der Waals surface area contributed by atoms with E-state index in [0.717, 1.165) is 35.9 Å². The number of hydrogen-bond donors (Lipinski definition) is 2. The Bertz CT molecular complexity index is 1100. The van der Waals surface area contributed by atoms with Crippen molar-refractivity contribution in [3.05, 3.63) is 47.3 Å². The third kappa shape index (κ3) is 4.75. The number of aromatic nitrogens is 1. The first-order valence-corrected chi connectivity index (χ1v) is 9.52. The van der Waals surface area contributed by atoms with Gasteiger partial charge in [0.2, 0.25) is 10.0 Å². The number of sulfonamides is 1. The minimum absolute atomic E-state index is 0.0321. The molecule has 12 heteroatoms. The number of carbonyl (C=O) groups excluding carboxylic acids is 1. The molecule has 0 aliphatic rings. The second kappa shape index (κ2) is 7.84. The molecule has 0 saturated carbocycles. The summed E-state index contributed by atoms with van der Waals surface area (Å²) in [7, 11) is -3.52. The molecule has 2 aromatic rings. The van der Waals surface area contributed by atoms with E-state index in [9.17, 15) is 30.8 Å². The Morgan fingerprint density at radius 2 is 1.93 bits per heavy atom. The Balaban J connectivity index is 2.36. The Hall–Kier alpha value is -2.91. The number of anilines is 1. The van der Waals surface area contributed by atoms with Crippen LogP contribution in [0.2, 0.25) is 0 Å². The molecule has 2 N–H and O–H groups in total. The monoisotopic (exact) mass is 432 g/mol. The Morgan fingerprint density at radius 3 is 2.48 bits per heavy atom. The van der Waals surface area contributed by atoms with E-state index < -0.39 is 50.1 Å². The van der Waals surface area contributed by atoms with Gasteiger partial charge in [0.1, 0.15) is 22.5 Å². The topological polar surface area (TPSA) is 104 Å². The maximum Gasteiger partial charge on any atom is 0.275 e. The van der Waals surface area contributed by atoms with Crippen LogP contribution in [-0.2, 0) is 17.1 Å². The van der Waals surface area contributed by atoms with Crippen molar-refractivity contribution < 1.29 is 30.8 Å². The van der Waals surface area contributed by atoms with E-state index in [2.05, 4.69) is 5.32 Å². The smallest absolute Gasteiger partial charge is 0.275 e. The molecule has 0 fully saturated rings. The van der Waals surface area contributed by atoms with E-state index in [1.807, 2.05) is 0 Å². The van der Waals surface area contributed by atoms with Gasteiger partial charge in [0.25, 0.3) is 11.8 Å². The van der Waals surface area contributed by atoms with Crippen molar-refractivity contribution in [1.29, 1.82) is 5.26 Å². The molecular formula is C17H16F4N4O3S. The molecule has 156 valence electrons. The highest BCUT2D eigenvalue weighted by atomic mass is 32.2. The quantitative estimate of drug-likeness (QED) is 0.685. The van der Waals surface area contributed by atoms with Gasteiger partial charge in [-0.2, -0.15) is 5.26 Å². The predicted octanol–water partition coefficient (Wildman–Crippen LogP) is 2.75. The third-order valence-corrected chi connectivity index (χ3v) is 5.56. The van der Waals surface area contributed by atoms with Gasteiger partial charge in [0.05, 0.1) is 11.6 Å². The van der Waals surface area contributed by atoms with Crippen LogP contribution < -0.4 is 10.0 Å². The molecule has 0 unspecified atom stereocenters. The van der Waals surface area contributed by atoms with E-state index in [0.29, 0.717) is 6.92 Å².